The van der Waals surface area contributed by atoms with E-state index in [0.29, 0.717) is 11.6 Å². The van der Waals surface area contributed by atoms with Crippen LogP contribution in [-0.4, -0.2) is 30.2 Å². The maximum absolute atomic E-state index is 11.3. The monoisotopic (exact) mass is 218 g/mol. The van der Waals surface area contributed by atoms with Crippen LogP contribution in [0, 0.1) is 0 Å². The molecule has 0 unspecified atom stereocenters. The molecule has 16 heavy (non-hydrogen) atoms. The molecule has 5 nitrogen and oxygen atoms in total. The van der Waals surface area contributed by atoms with Crippen LogP contribution in [0.1, 0.15) is 10.4 Å². The van der Waals surface area contributed by atoms with Gasteiger partial charge in [-0.2, -0.15) is 4.98 Å². The van der Waals surface area contributed by atoms with Gasteiger partial charge in [-0.25, -0.2) is 9.78 Å². The van der Waals surface area contributed by atoms with Crippen LogP contribution in [0.2, 0.25) is 0 Å². The summed E-state index contributed by atoms with van der Waals surface area (Å²) in [6.45, 7) is 0. The number of carbonyl (C=O) groups excluding carboxylic acids is 1. The van der Waals surface area contributed by atoms with Crippen LogP contribution in [0.15, 0.2) is 24.4 Å². The first-order valence-electron chi connectivity index (χ1n) is 4.63. The normalized spacial score (nSPS) is 10.1. The number of hydrogen-bond acceptors (Lipinski definition) is 5. The molecule has 0 N–H and O–H groups in total. The summed E-state index contributed by atoms with van der Waals surface area (Å²) in [7, 11) is 2.85. The van der Waals surface area contributed by atoms with Gasteiger partial charge in [-0.1, -0.05) is 0 Å². The SMILES string of the molecule is COC(=O)c1ccc2nc(OC)ncc2c1. The zero-order valence-electron chi connectivity index (χ0n) is 8.93. The Hall–Kier alpha value is -2.17. The summed E-state index contributed by atoms with van der Waals surface area (Å²) < 4.78 is 9.53. The van der Waals surface area contributed by atoms with Crippen LogP contribution in [-0.2, 0) is 4.74 Å². The quantitative estimate of drug-likeness (QED) is 0.713. The van der Waals surface area contributed by atoms with Gasteiger partial charge in [-0.3, -0.25) is 0 Å². The average molecular weight is 218 g/mol. The summed E-state index contributed by atoms with van der Waals surface area (Å²) in [4.78, 5) is 19.4. The van der Waals surface area contributed by atoms with E-state index in [4.69, 9.17) is 4.74 Å². The largest absolute Gasteiger partial charge is 0.467 e. The number of carbonyl (C=O) groups is 1. The van der Waals surface area contributed by atoms with Crippen LogP contribution in [0.3, 0.4) is 0 Å². The molecule has 0 spiro atoms. The van der Waals surface area contributed by atoms with Gasteiger partial charge in [-0.05, 0) is 18.2 Å². The fourth-order valence-electron chi connectivity index (χ4n) is 1.36. The van der Waals surface area contributed by atoms with Crippen LogP contribution in [0.4, 0.5) is 0 Å². The van der Waals surface area contributed by atoms with Gasteiger partial charge in [0.2, 0.25) is 0 Å². The molecule has 0 fully saturated rings. The second-order valence-corrected chi connectivity index (χ2v) is 3.12. The Morgan fingerprint density at radius 2 is 2.12 bits per heavy atom. The van der Waals surface area contributed by atoms with Crippen molar-refractivity contribution in [2.75, 3.05) is 14.2 Å². The molecule has 0 atom stereocenters. The van der Waals surface area contributed by atoms with Gasteiger partial charge < -0.3 is 9.47 Å². The van der Waals surface area contributed by atoms with Gasteiger partial charge in [0.1, 0.15) is 0 Å². The zero-order chi connectivity index (χ0) is 11.5. The van der Waals surface area contributed by atoms with Gasteiger partial charge in [-0.15, -0.1) is 0 Å². The number of ether oxygens (including phenoxy) is 2. The van der Waals surface area contributed by atoms with Crippen molar-refractivity contribution in [1.82, 2.24) is 9.97 Å². The molecule has 2 rings (SSSR count). The Balaban J connectivity index is 2.51. The molecule has 0 bridgehead atoms. The van der Waals surface area contributed by atoms with Crippen LogP contribution >= 0.6 is 0 Å². The molecule has 0 radical (unpaired) electrons. The number of rotatable bonds is 2. The number of methoxy groups -OCH3 is 2. The first-order valence-corrected chi connectivity index (χ1v) is 4.63. The van der Waals surface area contributed by atoms with Crippen LogP contribution in [0.25, 0.3) is 10.9 Å². The Bertz CT molecular complexity index is 540. The van der Waals surface area contributed by atoms with E-state index in [-0.39, 0.29) is 5.97 Å². The molecule has 5 heteroatoms. The van der Waals surface area contributed by atoms with E-state index < -0.39 is 0 Å². The summed E-state index contributed by atoms with van der Waals surface area (Å²) in [6, 6.07) is 5.37. The van der Waals surface area contributed by atoms with Gasteiger partial charge in [0.25, 0.3) is 0 Å². The summed E-state index contributed by atoms with van der Waals surface area (Å²) >= 11 is 0. The number of aromatic nitrogens is 2. The van der Waals surface area contributed by atoms with Crippen molar-refractivity contribution in [3.63, 3.8) is 0 Å². The molecule has 0 aliphatic heterocycles. The van der Waals surface area contributed by atoms with E-state index >= 15 is 0 Å². The number of hydrogen-bond donors (Lipinski definition) is 0. The molecule has 2 aromatic rings. The fourth-order valence-corrected chi connectivity index (χ4v) is 1.36. The predicted octanol–water partition coefficient (Wildman–Crippen LogP) is 1.43. The molecule has 1 aromatic heterocycles. The summed E-state index contributed by atoms with van der Waals surface area (Å²) in [6.07, 6.45) is 1.60. The average Bonchev–Trinajstić information content (AvgIpc) is 2.36. The van der Waals surface area contributed by atoms with Crippen LogP contribution < -0.4 is 4.74 Å². The van der Waals surface area contributed by atoms with E-state index in [1.54, 1.807) is 24.4 Å². The van der Waals surface area contributed by atoms with E-state index in [1.165, 1.54) is 14.2 Å². The molecule has 1 heterocycles. The molecule has 0 saturated carbocycles. The second kappa shape index (κ2) is 4.14. The number of fused-ring (bicyclic) bond motifs is 1. The van der Waals surface area contributed by atoms with Crippen molar-refractivity contribution in [2.24, 2.45) is 0 Å². The van der Waals surface area contributed by atoms with Crippen molar-refractivity contribution < 1.29 is 14.3 Å². The highest BCUT2D eigenvalue weighted by Gasteiger charge is 2.07. The van der Waals surface area contributed by atoms with Crippen molar-refractivity contribution in [3.8, 4) is 6.01 Å². The van der Waals surface area contributed by atoms with Crippen molar-refractivity contribution >= 4 is 16.9 Å². The fraction of sp³-hybridized carbons (Fsp3) is 0.182. The molecular formula is C11H10N2O3. The lowest BCUT2D eigenvalue weighted by Crippen LogP contribution is -2.01. The Labute approximate surface area is 92.0 Å². The summed E-state index contributed by atoms with van der Waals surface area (Å²) in [5.41, 5.74) is 1.20. The lowest BCUT2D eigenvalue weighted by Gasteiger charge is -2.02. The molecule has 82 valence electrons. The molecule has 0 amide bonds. The van der Waals surface area contributed by atoms with E-state index in [0.717, 1.165) is 10.9 Å². The van der Waals surface area contributed by atoms with Crippen LogP contribution in [0.5, 0.6) is 6.01 Å². The van der Waals surface area contributed by atoms with Crippen molar-refractivity contribution in [3.05, 3.63) is 30.0 Å². The smallest absolute Gasteiger partial charge is 0.337 e. The van der Waals surface area contributed by atoms with Gasteiger partial charge in [0.05, 0.1) is 25.3 Å². The number of benzene rings is 1. The maximum atomic E-state index is 11.3. The minimum Gasteiger partial charge on any atom is -0.467 e. The Morgan fingerprint density at radius 1 is 1.31 bits per heavy atom. The Kier molecular flexibility index (Phi) is 2.68. The third-order valence-electron chi connectivity index (χ3n) is 2.16. The second-order valence-electron chi connectivity index (χ2n) is 3.12. The topological polar surface area (TPSA) is 61.3 Å². The lowest BCUT2D eigenvalue weighted by molar-refractivity contribution is 0.0601. The van der Waals surface area contributed by atoms with Gasteiger partial charge in [0, 0.05) is 11.6 Å². The highest BCUT2D eigenvalue weighted by molar-refractivity contribution is 5.94. The van der Waals surface area contributed by atoms with E-state index in [9.17, 15) is 4.79 Å². The zero-order valence-corrected chi connectivity index (χ0v) is 8.93. The molecule has 0 aliphatic rings. The summed E-state index contributed by atoms with van der Waals surface area (Å²) in [5.74, 6) is -0.377. The van der Waals surface area contributed by atoms with E-state index in [1.807, 2.05) is 0 Å². The lowest BCUT2D eigenvalue weighted by atomic mass is 10.1. The van der Waals surface area contributed by atoms with Gasteiger partial charge in [0.15, 0.2) is 0 Å². The Morgan fingerprint density at radius 3 is 2.81 bits per heavy atom. The van der Waals surface area contributed by atoms with Crippen molar-refractivity contribution in [1.29, 1.82) is 0 Å². The molecule has 0 saturated heterocycles. The third-order valence-corrected chi connectivity index (χ3v) is 2.16. The van der Waals surface area contributed by atoms with Gasteiger partial charge >= 0.3 is 12.0 Å². The van der Waals surface area contributed by atoms with E-state index in [2.05, 4.69) is 14.7 Å². The predicted molar refractivity (Wildman–Crippen MR) is 57.4 cm³/mol. The first kappa shape index (κ1) is 10.4. The molecule has 1 aromatic carbocycles. The first-order chi connectivity index (χ1) is 7.74. The summed E-state index contributed by atoms with van der Waals surface area (Å²) in [5, 5.41) is 0.767. The number of nitrogens with zero attached hydrogens (tertiary/aromatic N) is 2. The highest BCUT2D eigenvalue weighted by Crippen LogP contribution is 2.16. The highest BCUT2D eigenvalue weighted by atomic mass is 16.5. The molecule has 0 aliphatic carbocycles. The minimum atomic E-state index is -0.377. The van der Waals surface area contributed by atoms with Crippen molar-refractivity contribution in [2.45, 2.75) is 0 Å². The standard InChI is InChI=1S/C11H10N2O3/c1-15-10(14)7-3-4-9-8(5-7)6-12-11(13-9)16-2/h3-6H,1-2H3. The third kappa shape index (κ3) is 1.79. The number of esters is 1. The molecular weight excluding hydrogens is 208 g/mol. The minimum absolute atomic E-state index is 0.304. The maximum Gasteiger partial charge on any atom is 0.337 e.